The molecular formula is C10H11NO3S. The topological polar surface area (TPSA) is 73.0 Å². The number of hydrogen-bond acceptors (Lipinski definition) is 5. The lowest BCUT2D eigenvalue weighted by Gasteiger charge is -2.15. The molecule has 1 aromatic carbocycles. The lowest BCUT2D eigenvalue weighted by Crippen LogP contribution is -2.21. The molecule has 3 N–H and O–H groups in total. The molecule has 0 aliphatic heterocycles. The van der Waals surface area contributed by atoms with Crippen molar-refractivity contribution >= 4 is 23.1 Å². The number of thiocarbonyl (C=S) groups is 1. The number of aliphatic hydroxyl groups excluding tert-OH is 3. The first kappa shape index (κ1) is 12.0. The molecule has 15 heavy (non-hydrogen) atoms. The second-order valence-corrected chi connectivity index (χ2v) is 3.18. The van der Waals surface area contributed by atoms with E-state index in [0.717, 1.165) is 0 Å². The van der Waals surface area contributed by atoms with E-state index in [4.69, 9.17) is 5.11 Å². The molecule has 0 heterocycles. The summed E-state index contributed by atoms with van der Waals surface area (Å²) in [5.41, 5.74) is 1.02. The molecule has 0 aromatic heterocycles. The van der Waals surface area contributed by atoms with Gasteiger partial charge in [0.25, 0.3) is 0 Å². The number of nitrogens with zero attached hydrogens (tertiary/aromatic N) is 1. The first-order chi connectivity index (χ1) is 7.19. The molecule has 2 unspecified atom stereocenters. The molecule has 5 heteroatoms. The molecule has 0 spiro atoms. The highest BCUT2D eigenvalue weighted by Gasteiger charge is 2.17. The molecule has 0 fully saturated rings. The summed E-state index contributed by atoms with van der Waals surface area (Å²) in [7, 11) is 0. The third-order valence-electron chi connectivity index (χ3n) is 1.94. The highest BCUT2D eigenvalue weighted by Crippen LogP contribution is 2.21. The molecular weight excluding hydrogens is 214 g/mol. The van der Waals surface area contributed by atoms with E-state index < -0.39 is 18.8 Å². The number of isothiocyanates is 1. The van der Waals surface area contributed by atoms with Crippen molar-refractivity contribution in [2.45, 2.75) is 12.2 Å². The van der Waals surface area contributed by atoms with Crippen molar-refractivity contribution in [2.24, 2.45) is 4.99 Å². The van der Waals surface area contributed by atoms with Crippen molar-refractivity contribution in [2.75, 3.05) is 6.61 Å². The van der Waals surface area contributed by atoms with Crippen molar-refractivity contribution in [1.29, 1.82) is 0 Å². The van der Waals surface area contributed by atoms with E-state index in [-0.39, 0.29) is 0 Å². The zero-order chi connectivity index (χ0) is 11.3. The Morgan fingerprint density at radius 2 is 2.13 bits per heavy atom. The summed E-state index contributed by atoms with van der Waals surface area (Å²) < 4.78 is 0. The van der Waals surface area contributed by atoms with Gasteiger partial charge in [0, 0.05) is 0 Å². The van der Waals surface area contributed by atoms with Crippen LogP contribution < -0.4 is 0 Å². The third-order valence-corrected chi connectivity index (χ3v) is 2.03. The molecule has 0 aliphatic rings. The van der Waals surface area contributed by atoms with Gasteiger partial charge < -0.3 is 15.3 Å². The van der Waals surface area contributed by atoms with Crippen LogP contribution in [0.15, 0.2) is 29.3 Å². The zero-order valence-electron chi connectivity index (χ0n) is 7.87. The van der Waals surface area contributed by atoms with Gasteiger partial charge in [0.15, 0.2) is 0 Å². The van der Waals surface area contributed by atoms with Crippen LogP contribution in [0.5, 0.6) is 0 Å². The van der Waals surface area contributed by atoms with Gasteiger partial charge in [-0.05, 0) is 29.9 Å². The molecule has 0 saturated heterocycles. The van der Waals surface area contributed by atoms with Gasteiger partial charge in [0.2, 0.25) is 0 Å². The third kappa shape index (κ3) is 3.20. The molecule has 4 nitrogen and oxygen atoms in total. The summed E-state index contributed by atoms with van der Waals surface area (Å²) in [6.07, 6.45) is -2.33. The van der Waals surface area contributed by atoms with Crippen LogP contribution in [0, 0.1) is 0 Å². The van der Waals surface area contributed by atoms with E-state index in [1.54, 1.807) is 24.3 Å². The maximum Gasteiger partial charge on any atom is 0.107 e. The van der Waals surface area contributed by atoms with E-state index >= 15 is 0 Å². The Hall–Kier alpha value is -1.10. The van der Waals surface area contributed by atoms with Gasteiger partial charge in [-0.2, -0.15) is 4.99 Å². The standard InChI is InChI=1S/C10H11NO3S/c12-5-9(13)10(14)7-2-1-3-8(4-7)11-6-15/h1-4,9-10,12-14H,5H2. The maximum atomic E-state index is 9.58. The second-order valence-electron chi connectivity index (χ2n) is 2.99. The Morgan fingerprint density at radius 3 is 2.73 bits per heavy atom. The minimum atomic E-state index is -1.20. The summed E-state index contributed by atoms with van der Waals surface area (Å²) in [6, 6.07) is 6.57. The number of hydrogen-bond donors (Lipinski definition) is 3. The van der Waals surface area contributed by atoms with Gasteiger partial charge in [-0.25, -0.2) is 0 Å². The van der Waals surface area contributed by atoms with Gasteiger partial charge in [0.05, 0.1) is 17.5 Å². The first-order valence-electron chi connectivity index (χ1n) is 4.34. The summed E-state index contributed by atoms with van der Waals surface area (Å²) in [4.78, 5) is 3.74. The van der Waals surface area contributed by atoms with Crippen molar-refractivity contribution in [3.63, 3.8) is 0 Å². The Kier molecular flexibility index (Phi) is 4.55. The van der Waals surface area contributed by atoms with Gasteiger partial charge in [0.1, 0.15) is 12.2 Å². The van der Waals surface area contributed by atoms with Crippen LogP contribution in [0.25, 0.3) is 0 Å². The van der Waals surface area contributed by atoms with Crippen LogP contribution in [0.2, 0.25) is 0 Å². The molecule has 80 valence electrons. The SMILES string of the molecule is OCC(O)C(O)c1cccc(N=C=S)c1. The van der Waals surface area contributed by atoms with Crippen LogP contribution in [0.1, 0.15) is 11.7 Å². The van der Waals surface area contributed by atoms with Crippen LogP contribution >= 0.6 is 12.2 Å². The lowest BCUT2D eigenvalue weighted by molar-refractivity contribution is -0.0152. The average Bonchev–Trinajstić information content (AvgIpc) is 2.28. The Bertz CT molecular complexity index is 377. The molecule has 1 rings (SSSR count). The van der Waals surface area contributed by atoms with E-state index in [9.17, 15) is 10.2 Å². The average molecular weight is 225 g/mol. The molecule has 0 amide bonds. The second kappa shape index (κ2) is 5.70. The monoisotopic (exact) mass is 225 g/mol. The van der Waals surface area contributed by atoms with Crippen LogP contribution in [0.4, 0.5) is 5.69 Å². The molecule has 0 radical (unpaired) electrons. The van der Waals surface area contributed by atoms with Gasteiger partial charge in [-0.3, -0.25) is 0 Å². The maximum absolute atomic E-state index is 9.58. The minimum Gasteiger partial charge on any atom is -0.394 e. The predicted octanol–water partition coefficient (Wildman–Crippen LogP) is 0.808. The molecule has 0 saturated carbocycles. The fourth-order valence-corrected chi connectivity index (χ4v) is 1.26. The van der Waals surface area contributed by atoms with E-state index in [0.29, 0.717) is 11.3 Å². The molecule has 1 aromatic rings. The van der Waals surface area contributed by atoms with Crippen molar-refractivity contribution < 1.29 is 15.3 Å². The summed E-state index contributed by atoms with van der Waals surface area (Å²) >= 11 is 4.45. The van der Waals surface area contributed by atoms with Crippen LogP contribution in [-0.2, 0) is 0 Å². The summed E-state index contributed by atoms with van der Waals surface area (Å²) in [6.45, 7) is -0.498. The Labute approximate surface area is 92.5 Å². The lowest BCUT2D eigenvalue weighted by atomic mass is 10.0. The Balaban J connectivity index is 2.94. The van der Waals surface area contributed by atoms with Gasteiger partial charge >= 0.3 is 0 Å². The fourth-order valence-electron chi connectivity index (χ4n) is 1.15. The summed E-state index contributed by atoms with van der Waals surface area (Å²) in [5.74, 6) is 0. The predicted molar refractivity (Wildman–Crippen MR) is 59.2 cm³/mol. The smallest absolute Gasteiger partial charge is 0.107 e. The van der Waals surface area contributed by atoms with E-state index in [2.05, 4.69) is 22.4 Å². The number of aliphatic hydroxyl groups is 3. The summed E-state index contributed by atoms with van der Waals surface area (Å²) in [5, 5.41) is 29.7. The quantitative estimate of drug-likeness (QED) is 0.523. The number of aliphatic imine (C=N–C) groups is 1. The largest absolute Gasteiger partial charge is 0.394 e. The number of benzene rings is 1. The van der Waals surface area contributed by atoms with Crippen molar-refractivity contribution in [3.8, 4) is 0 Å². The van der Waals surface area contributed by atoms with Crippen LogP contribution in [0.3, 0.4) is 0 Å². The zero-order valence-corrected chi connectivity index (χ0v) is 8.68. The van der Waals surface area contributed by atoms with E-state index in [1.807, 2.05) is 0 Å². The molecule has 2 atom stereocenters. The normalized spacial score (nSPS) is 14.1. The van der Waals surface area contributed by atoms with Crippen molar-refractivity contribution in [3.05, 3.63) is 29.8 Å². The highest BCUT2D eigenvalue weighted by molar-refractivity contribution is 7.78. The number of rotatable bonds is 4. The van der Waals surface area contributed by atoms with Crippen molar-refractivity contribution in [1.82, 2.24) is 0 Å². The van der Waals surface area contributed by atoms with Crippen LogP contribution in [-0.4, -0.2) is 33.2 Å². The highest BCUT2D eigenvalue weighted by atomic mass is 32.1. The minimum absolute atomic E-state index is 0.475. The Morgan fingerprint density at radius 1 is 1.40 bits per heavy atom. The fraction of sp³-hybridized carbons (Fsp3) is 0.300. The molecule has 0 bridgehead atoms. The molecule has 0 aliphatic carbocycles. The van der Waals surface area contributed by atoms with E-state index in [1.165, 1.54) is 0 Å². The van der Waals surface area contributed by atoms with Gasteiger partial charge in [-0.15, -0.1) is 0 Å². The van der Waals surface area contributed by atoms with Gasteiger partial charge in [-0.1, -0.05) is 12.1 Å². The first-order valence-corrected chi connectivity index (χ1v) is 4.74.